The van der Waals surface area contributed by atoms with Crippen LogP contribution in [0.2, 0.25) is 0 Å². The number of aromatic nitrogens is 1. The van der Waals surface area contributed by atoms with Crippen molar-refractivity contribution in [1.82, 2.24) is 9.88 Å². The molecule has 6 heteroatoms. The molecule has 0 unspecified atom stereocenters. The van der Waals surface area contributed by atoms with Crippen molar-refractivity contribution in [2.24, 2.45) is 4.99 Å². The second-order valence-corrected chi connectivity index (χ2v) is 5.30. The molecule has 1 aromatic heterocycles. The van der Waals surface area contributed by atoms with Crippen LogP contribution in [0.5, 0.6) is 0 Å². The first-order chi connectivity index (χ1) is 10.3. The number of anilines is 1. The first-order valence-electron chi connectivity index (χ1n) is 7.10. The molecular formula is C15H16N4O2. The van der Waals surface area contributed by atoms with Crippen LogP contribution in [-0.2, 0) is 4.74 Å². The molecule has 1 aromatic carbocycles. The van der Waals surface area contributed by atoms with E-state index in [2.05, 4.69) is 20.2 Å². The standard InChI is InChI=1S/C15H16N4O2/c20-15-10-2-1-3-11-14(10)12(8-16-15)18-13(17-11)9-19-4-6-21-7-5-19/h1-3,8H,4-7,9H2,(H,16,20)(H,17,18). The predicted octanol–water partition coefficient (Wildman–Crippen LogP) is 1.32. The average Bonchev–Trinajstić information content (AvgIpc) is 2.52. The van der Waals surface area contributed by atoms with Crippen molar-refractivity contribution in [1.29, 1.82) is 0 Å². The highest BCUT2D eigenvalue weighted by Crippen LogP contribution is 2.33. The number of rotatable bonds is 2. The van der Waals surface area contributed by atoms with Gasteiger partial charge in [-0.15, -0.1) is 0 Å². The van der Waals surface area contributed by atoms with E-state index >= 15 is 0 Å². The molecule has 0 radical (unpaired) electrons. The Balaban J connectivity index is 1.72. The van der Waals surface area contributed by atoms with Gasteiger partial charge in [0, 0.05) is 24.7 Å². The fourth-order valence-corrected chi connectivity index (χ4v) is 2.87. The Hall–Kier alpha value is -2.18. The van der Waals surface area contributed by atoms with Crippen LogP contribution in [-0.4, -0.2) is 48.6 Å². The first-order valence-corrected chi connectivity index (χ1v) is 7.10. The first kappa shape index (κ1) is 12.6. The highest BCUT2D eigenvalue weighted by Gasteiger charge is 2.19. The summed E-state index contributed by atoms with van der Waals surface area (Å²) >= 11 is 0. The van der Waals surface area contributed by atoms with Crippen molar-refractivity contribution < 1.29 is 4.74 Å². The Morgan fingerprint density at radius 3 is 3.00 bits per heavy atom. The molecule has 0 amide bonds. The molecule has 0 saturated carbocycles. The SMILES string of the molecule is O=c1[nH]cc2c3c(cccc13)N=C(CN1CCOCC1)N2. The number of nitrogens with one attached hydrogen (secondary N) is 2. The molecule has 0 atom stereocenters. The molecule has 2 aliphatic rings. The Kier molecular flexibility index (Phi) is 2.98. The van der Waals surface area contributed by atoms with Gasteiger partial charge in [0.15, 0.2) is 0 Å². The molecule has 6 nitrogen and oxygen atoms in total. The van der Waals surface area contributed by atoms with Crippen LogP contribution in [0.1, 0.15) is 0 Å². The molecule has 0 aliphatic carbocycles. The van der Waals surface area contributed by atoms with Crippen LogP contribution in [0.3, 0.4) is 0 Å². The smallest absolute Gasteiger partial charge is 0.256 e. The average molecular weight is 284 g/mol. The molecular weight excluding hydrogens is 268 g/mol. The zero-order valence-corrected chi connectivity index (χ0v) is 11.6. The van der Waals surface area contributed by atoms with Crippen LogP contribution in [0.15, 0.2) is 34.2 Å². The Morgan fingerprint density at radius 1 is 1.29 bits per heavy atom. The molecule has 4 rings (SSSR count). The molecule has 0 bridgehead atoms. The number of nitrogens with zero attached hydrogens (tertiary/aromatic N) is 2. The van der Waals surface area contributed by atoms with Crippen molar-refractivity contribution in [3.8, 4) is 0 Å². The van der Waals surface area contributed by atoms with E-state index in [0.29, 0.717) is 5.39 Å². The fourth-order valence-electron chi connectivity index (χ4n) is 2.87. The normalized spacial score (nSPS) is 18.4. The van der Waals surface area contributed by atoms with Crippen molar-refractivity contribution in [3.05, 3.63) is 34.7 Å². The maximum Gasteiger partial charge on any atom is 0.256 e. The zero-order valence-electron chi connectivity index (χ0n) is 11.6. The number of morpholine rings is 1. The van der Waals surface area contributed by atoms with Gasteiger partial charge in [0.2, 0.25) is 0 Å². The summed E-state index contributed by atoms with van der Waals surface area (Å²) in [6.45, 7) is 4.14. The van der Waals surface area contributed by atoms with Crippen LogP contribution < -0.4 is 10.9 Å². The number of hydrogen-bond acceptors (Lipinski definition) is 5. The summed E-state index contributed by atoms with van der Waals surface area (Å²) in [5, 5.41) is 4.90. The number of pyridine rings is 1. The molecule has 1 fully saturated rings. The van der Waals surface area contributed by atoms with Gasteiger partial charge in [0.05, 0.1) is 36.5 Å². The summed E-state index contributed by atoms with van der Waals surface area (Å²) in [6.07, 6.45) is 1.72. The Bertz CT molecular complexity index is 775. The minimum Gasteiger partial charge on any atom is -0.379 e. The van der Waals surface area contributed by atoms with Crippen LogP contribution >= 0.6 is 0 Å². The lowest BCUT2D eigenvalue weighted by Crippen LogP contribution is -2.41. The van der Waals surface area contributed by atoms with E-state index in [-0.39, 0.29) is 5.56 Å². The van der Waals surface area contributed by atoms with Crippen molar-refractivity contribution in [2.75, 3.05) is 38.2 Å². The van der Waals surface area contributed by atoms with E-state index in [4.69, 9.17) is 4.74 Å². The van der Waals surface area contributed by atoms with Crippen LogP contribution in [0.25, 0.3) is 10.8 Å². The van der Waals surface area contributed by atoms with Crippen LogP contribution in [0.4, 0.5) is 11.4 Å². The molecule has 2 aliphatic heterocycles. The highest BCUT2D eigenvalue weighted by atomic mass is 16.5. The number of amidine groups is 1. The third-order valence-electron chi connectivity index (χ3n) is 3.92. The third kappa shape index (κ3) is 2.22. The van der Waals surface area contributed by atoms with Gasteiger partial charge in [0.1, 0.15) is 5.84 Å². The van der Waals surface area contributed by atoms with E-state index in [1.54, 1.807) is 6.20 Å². The minimum atomic E-state index is -0.0794. The van der Waals surface area contributed by atoms with Gasteiger partial charge in [-0.05, 0) is 12.1 Å². The number of H-pyrrole nitrogens is 1. The fraction of sp³-hybridized carbons (Fsp3) is 0.333. The summed E-state index contributed by atoms with van der Waals surface area (Å²) in [5.74, 6) is 0.906. The van der Waals surface area contributed by atoms with Crippen LogP contribution in [0, 0.1) is 0 Å². The van der Waals surface area contributed by atoms with Gasteiger partial charge in [-0.25, -0.2) is 4.99 Å². The monoisotopic (exact) mass is 284 g/mol. The van der Waals surface area contributed by atoms with Gasteiger partial charge in [-0.2, -0.15) is 0 Å². The summed E-state index contributed by atoms with van der Waals surface area (Å²) in [6, 6.07) is 5.65. The van der Waals surface area contributed by atoms with Gasteiger partial charge in [-0.1, -0.05) is 6.07 Å². The molecule has 2 N–H and O–H groups in total. The second kappa shape index (κ2) is 4.98. The maximum atomic E-state index is 11.9. The molecule has 3 heterocycles. The molecule has 0 spiro atoms. The van der Waals surface area contributed by atoms with Gasteiger partial charge in [0.25, 0.3) is 5.56 Å². The van der Waals surface area contributed by atoms with Gasteiger partial charge >= 0.3 is 0 Å². The lowest BCUT2D eigenvalue weighted by molar-refractivity contribution is 0.0453. The van der Waals surface area contributed by atoms with Gasteiger partial charge in [-0.3, -0.25) is 9.69 Å². The van der Waals surface area contributed by atoms with Crippen molar-refractivity contribution in [3.63, 3.8) is 0 Å². The van der Waals surface area contributed by atoms with E-state index in [0.717, 1.165) is 55.4 Å². The quantitative estimate of drug-likeness (QED) is 0.872. The number of aliphatic imine (C=N–C) groups is 1. The Morgan fingerprint density at radius 2 is 2.14 bits per heavy atom. The Labute approximate surface area is 121 Å². The summed E-state index contributed by atoms with van der Waals surface area (Å²) in [4.78, 5) is 21.6. The summed E-state index contributed by atoms with van der Waals surface area (Å²) < 4.78 is 5.36. The van der Waals surface area contributed by atoms with Gasteiger partial charge < -0.3 is 15.0 Å². The third-order valence-corrected chi connectivity index (χ3v) is 3.92. The number of aromatic amines is 1. The van der Waals surface area contributed by atoms with Crippen molar-refractivity contribution in [2.45, 2.75) is 0 Å². The zero-order chi connectivity index (χ0) is 14.2. The summed E-state index contributed by atoms with van der Waals surface area (Å²) in [5.41, 5.74) is 1.69. The van der Waals surface area contributed by atoms with E-state index in [1.165, 1.54) is 0 Å². The number of benzene rings is 1. The van der Waals surface area contributed by atoms with E-state index in [1.807, 2.05) is 18.2 Å². The largest absolute Gasteiger partial charge is 0.379 e. The lowest BCUT2D eigenvalue weighted by Gasteiger charge is -2.28. The molecule has 1 saturated heterocycles. The molecule has 2 aromatic rings. The maximum absolute atomic E-state index is 11.9. The van der Waals surface area contributed by atoms with E-state index < -0.39 is 0 Å². The van der Waals surface area contributed by atoms with E-state index in [9.17, 15) is 4.79 Å². The molecule has 21 heavy (non-hydrogen) atoms. The minimum absolute atomic E-state index is 0.0794. The molecule has 108 valence electrons. The predicted molar refractivity (Wildman–Crippen MR) is 82.5 cm³/mol. The number of hydrogen-bond donors (Lipinski definition) is 2. The number of ether oxygens (including phenoxy) is 1. The lowest BCUT2D eigenvalue weighted by atomic mass is 10.1. The second-order valence-electron chi connectivity index (χ2n) is 5.30. The topological polar surface area (TPSA) is 69.7 Å². The summed E-state index contributed by atoms with van der Waals surface area (Å²) in [7, 11) is 0. The van der Waals surface area contributed by atoms with Crippen molar-refractivity contribution >= 4 is 28.0 Å². The highest BCUT2D eigenvalue weighted by molar-refractivity contribution is 6.13.